The van der Waals surface area contributed by atoms with Gasteiger partial charge in [0.25, 0.3) is 11.8 Å². The first kappa shape index (κ1) is 17.1. The number of piperidine rings is 1. The van der Waals surface area contributed by atoms with Gasteiger partial charge in [0.2, 0.25) is 0 Å². The number of benzene rings is 1. The van der Waals surface area contributed by atoms with Crippen LogP contribution in [0.1, 0.15) is 56.4 Å². The van der Waals surface area contributed by atoms with Crippen molar-refractivity contribution in [2.24, 2.45) is 0 Å². The maximum absolute atomic E-state index is 12.8. The predicted molar refractivity (Wildman–Crippen MR) is 98.6 cm³/mol. The Labute approximate surface area is 154 Å². The number of nitrogens with one attached hydrogen (secondary N) is 1. The van der Waals surface area contributed by atoms with Gasteiger partial charge in [-0.1, -0.05) is 30.3 Å². The molecule has 1 saturated carbocycles. The van der Waals surface area contributed by atoms with Crippen molar-refractivity contribution in [3.05, 3.63) is 47.2 Å². The van der Waals surface area contributed by atoms with Crippen LogP contribution in [-0.2, 0) is 9.59 Å². The molecule has 2 heterocycles. The van der Waals surface area contributed by atoms with E-state index in [0.717, 1.165) is 44.9 Å². The van der Waals surface area contributed by atoms with Crippen molar-refractivity contribution in [1.82, 2.24) is 10.2 Å². The zero-order valence-corrected chi connectivity index (χ0v) is 15.0. The van der Waals surface area contributed by atoms with Crippen molar-refractivity contribution in [2.75, 3.05) is 6.54 Å². The molecule has 1 atom stereocenters. The van der Waals surface area contributed by atoms with Gasteiger partial charge >= 0.3 is 0 Å². The Hall–Kier alpha value is -2.30. The predicted octanol–water partition coefficient (Wildman–Crippen LogP) is 3.04. The van der Waals surface area contributed by atoms with E-state index < -0.39 is 0 Å². The zero-order chi connectivity index (χ0) is 18.1. The average Bonchev–Trinajstić information content (AvgIpc) is 2.94. The Morgan fingerprint density at radius 1 is 1.04 bits per heavy atom. The van der Waals surface area contributed by atoms with E-state index in [1.54, 1.807) is 4.90 Å². The van der Waals surface area contributed by atoms with Crippen LogP contribution in [-0.4, -0.2) is 40.4 Å². The number of aliphatic hydroxyl groups is 1. The van der Waals surface area contributed by atoms with Gasteiger partial charge in [0, 0.05) is 12.6 Å². The lowest BCUT2D eigenvalue weighted by molar-refractivity contribution is -0.130. The summed E-state index contributed by atoms with van der Waals surface area (Å²) in [6, 6.07) is 10.4. The second-order valence-corrected chi connectivity index (χ2v) is 7.71. The minimum atomic E-state index is -0.382. The quantitative estimate of drug-likeness (QED) is 0.876. The molecule has 0 spiro atoms. The Bertz CT molecular complexity index is 720. The largest absolute Gasteiger partial charge is 0.503 e. The molecule has 1 unspecified atom stereocenters. The van der Waals surface area contributed by atoms with Crippen molar-refractivity contribution in [2.45, 2.75) is 62.9 Å². The highest BCUT2D eigenvalue weighted by atomic mass is 16.3. The number of nitrogens with zero attached hydrogens (tertiary/aromatic N) is 1. The van der Waals surface area contributed by atoms with Crippen molar-refractivity contribution in [3.63, 3.8) is 0 Å². The Morgan fingerprint density at radius 3 is 2.50 bits per heavy atom. The lowest BCUT2D eigenvalue weighted by Gasteiger charge is -2.32. The van der Waals surface area contributed by atoms with Gasteiger partial charge in [0.05, 0.1) is 11.6 Å². The summed E-state index contributed by atoms with van der Waals surface area (Å²) in [6.45, 7) is 0.631. The SMILES string of the molecule is O=C(NC1CCC(c2ccccc2)CC1)C1=C(O)C(=O)N2CCCCC12. The highest BCUT2D eigenvalue weighted by Gasteiger charge is 2.44. The van der Waals surface area contributed by atoms with Crippen molar-refractivity contribution in [1.29, 1.82) is 0 Å². The van der Waals surface area contributed by atoms with E-state index in [-0.39, 0.29) is 29.7 Å². The second kappa shape index (κ2) is 7.14. The average molecular weight is 354 g/mol. The second-order valence-electron chi connectivity index (χ2n) is 7.71. The van der Waals surface area contributed by atoms with Gasteiger partial charge in [0.1, 0.15) is 0 Å². The number of hydrogen-bond donors (Lipinski definition) is 2. The lowest BCUT2D eigenvalue weighted by Crippen LogP contribution is -2.44. The van der Waals surface area contributed by atoms with E-state index in [4.69, 9.17) is 0 Å². The maximum atomic E-state index is 12.8. The number of rotatable bonds is 3. The van der Waals surface area contributed by atoms with Crippen LogP contribution in [0.3, 0.4) is 0 Å². The molecule has 5 nitrogen and oxygen atoms in total. The lowest BCUT2D eigenvalue weighted by atomic mass is 9.81. The summed E-state index contributed by atoms with van der Waals surface area (Å²) in [7, 11) is 0. The van der Waals surface area contributed by atoms with E-state index in [1.807, 2.05) is 6.07 Å². The minimum Gasteiger partial charge on any atom is -0.503 e. The molecule has 2 amide bonds. The molecule has 1 saturated heterocycles. The molecule has 138 valence electrons. The van der Waals surface area contributed by atoms with E-state index >= 15 is 0 Å². The van der Waals surface area contributed by atoms with Crippen LogP contribution in [0, 0.1) is 0 Å². The van der Waals surface area contributed by atoms with Crippen LogP contribution in [0.2, 0.25) is 0 Å². The fourth-order valence-electron chi connectivity index (χ4n) is 4.70. The molecule has 3 aliphatic rings. The molecule has 1 aliphatic carbocycles. The van der Waals surface area contributed by atoms with Crippen molar-refractivity contribution < 1.29 is 14.7 Å². The summed E-state index contributed by atoms with van der Waals surface area (Å²) >= 11 is 0. The van der Waals surface area contributed by atoms with Gasteiger partial charge in [-0.2, -0.15) is 0 Å². The third kappa shape index (κ3) is 3.11. The van der Waals surface area contributed by atoms with Crippen LogP contribution in [0.25, 0.3) is 0 Å². The molecule has 1 aromatic rings. The number of aliphatic hydroxyl groups excluding tert-OH is 1. The number of carbonyl (C=O) groups is 2. The standard InChI is InChI=1S/C21H26N2O3/c24-19-18(17-8-4-5-13-23(17)21(19)26)20(25)22-16-11-9-15(10-12-16)14-6-2-1-3-7-14/h1-3,6-7,15-17,24H,4-5,8-13H2,(H,22,25). The van der Waals surface area contributed by atoms with Gasteiger partial charge in [-0.25, -0.2) is 0 Å². The van der Waals surface area contributed by atoms with Crippen molar-refractivity contribution >= 4 is 11.8 Å². The van der Waals surface area contributed by atoms with Crippen LogP contribution >= 0.6 is 0 Å². The summed E-state index contributed by atoms with van der Waals surface area (Å²) in [4.78, 5) is 26.6. The number of amides is 2. The topological polar surface area (TPSA) is 69.6 Å². The summed E-state index contributed by atoms with van der Waals surface area (Å²) in [5.74, 6) is -0.424. The molecule has 4 rings (SSSR count). The maximum Gasteiger partial charge on any atom is 0.289 e. The molecule has 0 aromatic heterocycles. The third-order valence-electron chi connectivity index (χ3n) is 6.13. The molecular weight excluding hydrogens is 328 g/mol. The summed E-state index contributed by atoms with van der Waals surface area (Å²) < 4.78 is 0. The Balaban J connectivity index is 1.38. The van der Waals surface area contributed by atoms with E-state index in [1.165, 1.54) is 5.56 Å². The number of hydrogen-bond acceptors (Lipinski definition) is 3. The molecule has 1 aromatic carbocycles. The van der Waals surface area contributed by atoms with Crippen molar-refractivity contribution in [3.8, 4) is 0 Å². The van der Waals surface area contributed by atoms with Crippen LogP contribution in [0.5, 0.6) is 0 Å². The van der Waals surface area contributed by atoms with Gasteiger partial charge < -0.3 is 15.3 Å². The Kier molecular flexibility index (Phi) is 4.70. The first-order chi connectivity index (χ1) is 12.6. The fourth-order valence-corrected chi connectivity index (χ4v) is 4.70. The first-order valence-electron chi connectivity index (χ1n) is 9.75. The van der Waals surface area contributed by atoms with Crippen LogP contribution in [0.15, 0.2) is 41.7 Å². The number of carbonyl (C=O) groups excluding carboxylic acids is 2. The summed E-state index contributed by atoms with van der Waals surface area (Å²) in [6.07, 6.45) is 6.65. The molecule has 2 fully saturated rings. The zero-order valence-electron chi connectivity index (χ0n) is 15.0. The molecule has 5 heteroatoms. The normalized spacial score (nSPS) is 28.8. The molecule has 2 N–H and O–H groups in total. The molecule has 0 bridgehead atoms. The van der Waals surface area contributed by atoms with Gasteiger partial charge in [-0.3, -0.25) is 9.59 Å². The molecule has 0 radical (unpaired) electrons. The first-order valence-corrected chi connectivity index (χ1v) is 9.75. The van der Waals surface area contributed by atoms with E-state index in [0.29, 0.717) is 18.0 Å². The molecule has 2 aliphatic heterocycles. The van der Waals surface area contributed by atoms with E-state index in [9.17, 15) is 14.7 Å². The van der Waals surface area contributed by atoms with Gasteiger partial charge in [0.15, 0.2) is 5.76 Å². The van der Waals surface area contributed by atoms with Crippen LogP contribution in [0.4, 0.5) is 0 Å². The minimum absolute atomic E-state index is 0.121. The fraction of sp³-hybridized carbons (Fsp3) is 0.524. The monoisotopic (exact) mass is 354 g/mol. The van der Waals surface area contributed by atoms with Gasteiger partial charge in [-0.05, 0) is 56.4 Å². The van der Waals surface area contributed by atoms with Crippen LogP contribution < -0.4 is 5.32 Å². The summed E-state index contributed by atoms with van der Waals surface area (Å²) in [5, 5.41) is 13.3. The molecule has 26 heavy (non-hydrogen) atoms. The van der Waals surface area contributed by atoms with E-state index in [2.05, 4.69) is 29.6 Å². The molecular formula is C21H26N2O3. The highest BCUT2D eigenvalue weighted by molar-refractivity contribution is 6.08. The highest BCUT2D eigenvalue weighted by Crippen LogP contribution is 2.34. The van der Waals surface area contributed by atoms with Gasteiger partial charge in [-0.15, -0.1) is 0 Å². The Morgan fingerprint density at radius 2 is 1.77 bits per heavy atom. The third-order valence-corrected chi connectivity index (χ3v) is 6.13. The summed E-state index contributed by atoms with van der Waals surface area (Å²) in [5.41, 5.74) is 1.66. The smallest absolute Gasteiger partial charge is 0.289 e. The number of fused-ring (bicyclic) bond motifs is 1.